The highest BCUT2D eigenvalue weighted by Crippen LogP contribution is 2.31. The van der Waals surface area contributed by atoms with Crippen molar-refractivity contribution < 1.29 is 27.1 Å². The second kappa shape index (κ2) is 10.4. The molecule has 0 radical (unpaired) electrons. The number of anilines is 1. The summed E-state index contributed by atoms with van der Waals surface area (Å²) in [6.45, 7) is -0.318. The van der Waals surface area contributed by atoms with Gasteiger partial charge in [-0.05, 0) is 43.3 Å². The summed E-state index contributed by atoms with van der Waals surface area (Å²) in [5, 5.41) is 15.1. The van der Waals surface area contributed by atoms with E-state index in [1.54, 1.807) is 0 Å². The molecule has 8 nitrogen and oxygen atoms in total. The molecule has 0 aliphatic carbocycles. The Labute approximate surface area is 216 Å². The van der Waals surface area contributed by atoms with Crippen LogP contribution in [0.15, 0.2) is 52.3 Å². The fourth-order valence-corrected chi connectivity index (χ4v) is 4.06. The Kier molecular flexibility index (Phi) is 7.60. The van der Waals surface area contributed by atoms with Crippen molar-refractivity contribution in [3.63, 3.8) is 0 Å². The quantitative estimate of drug-likeness (QED) is 0.420. The molecule has 37 heavy (non-hydrogen) atoms. The molecular weight excluding hydrogens is 546 g/mol. The summed E-state index contributed by atoms with van der Waals surface area (Å²) in [6, 6.07) is 9.68. The number of rotatable bonds is 7. The van der Waals surface area contributed by atoms with E-state index in [0.717, 1.165) is 15.8 Å². The van der Waals surface area contributed by atoms with Crippen LogP contribution in [-0.2, 0) is 13.1 Å². The zero-order chi connectivity index (χ0) is 27.1. The maximum Gasteiger partial charge on any atom is 0.416 e. The van der Waals surface area contributed by atoms with E-state index in [0.29, 0.717) is 9.59 Å². The Morgan fingerprint density at radius 3 is 2.43 bits per heavy atom. The second-order valence-electron chi connectivity index (χ2n) is 8.12. The molecule has 0 amide bonds. The summed E-state index contributed by atoms with van der Waals surface area (Å²) < 4.78 is 69.5. The van der Waals surface area contributed by atoms with Crippen LogP contribution in [0.4, 0.5) is 27.6 Å². The molecule has 15 heteroatoms. The number of amidine groups is 1. The van der Waals surface area contributed by atoms with Crippen LogP contribution in [0.25, 0.3) is 11.4 Å². The zero-order valence-electron chi connectivity index (χ0n) is 18.9. The molecule has 2 N–H and O–H groups in total. The fourth-order valence-electron chi connectivity index (χ4n) is 3.68. The van der Waals surface area contributed by atoms with Crippen molar-refractivity contribution in [1.82, 2.24) is 19.8 Å². The van der Waals surface area contributed by atoms with Crippen LogP contribution in [0.1, 0.15) is 6.92 Å². The van der Waals surface area contributed by atoms with Crippen molar-refractivity contribution in [2.45, 2.75) is 44.6 Å². The van der Waals surface area contributed by atoms with E-state index in [-0.39, 0.29) is 34.5 Å². The van der Waals surface area contributed by atoms with Crippen molar-refractivity contribution in [2.24, 2.45) is 4.99 Å². The summed E-state index contributed by atoms with van der Waals surface area (Å²) in [5.41, 5.74) is 1.83. The van der Waals surface area contributed by atoms with Crippen molar-refractivity contribution in [2.75, 3.05) is 5.01 Å². The van der Waals surface area contributed by atoms with Gasteiger partial charge in [0.15, 0.2) is 23.9 Å². The number of aliphatic imine (C=N–C) groups is 1. The fraction of sp³-hybridized carbons (Fsp3) is 0.318. The van der Waals surface area contributed by atoms with Gasteiger partial charge in [0.25, 0.3) is 0 Å². The number of halogens is 7. The predicted molar refractivity (Wildman–Crippen MR) is 128 cm³/mol. The summed E-state index contributed by atoms with van der Waals surface area (Å²) in [7, 11) is 0. The lowest BCUT2D eigenvalue weighted by Gasteiger charge is -2.23. The standard InChI is InChI=1S/C22H19Cl2F5N6O2/c1-11(25)19-30-17(31-35(19)18-14(24)3-2-4-15(18)26)10-34-21(37)33(9-16(36)22(27,28)29)20(32-34)12-5-7-13(23)8-6-12/h2-8,11,16-17,31,36H,9-10H2,1H3/t11?,16-,17?/m0/s1. The van der Waals surface area contributed by atoms with Gasteiger partial charge in [-0.25, -0.2) is 28.7 Å². The van der Waals surface area contributed by atoms with E-state index in [1.807, 2.05) is 0 Å². The van der Waals surface area contributed by atoms with Gasteiger partial charge < -0.3 is 5.11 Å². The highest BCUT2D eigenvalue weighted by molar-refractivity contribution is 6.34. The lowest BCUT2D eigenvalue weighted by Crippen LogP contribution is -2.45. The van der Waals surface area contributed by atoms with Crippen LogP contribution in [0.2, 0.25) is 10.0 Å². The van der Waals surface area contributed by atoms with Crippen LogP contribution in [0.5, 0.6) is 0 Å². The van der Waals surface area contributed by atoms with Gasteiger partial charge in [0.1, 0.15) is 17.7 Å². The van der Waals surface area contributed by atoms with E-state index in [1.165, 1.54) is 43.3 Å². The lowest BCUT2D eigenvalue weighted by atomic mass is 10.2. The number of hydrazine groups is 1. The average Bonchev–Trinajstić information content (AvgIpc) is 3.36. The molecule has 3 atom stereocenters. The predicted octanol–water partition coefficient (Wildman–Crippen LogP) is 4.19. The maximum atomic E-state index is 14.5. The molecule has 198 valence electrons. The highest BCUT2D eigenvalue weighted by atomic mass is 35.5. The van der Waals surface area contributed by atoms with Gasteiger partial charge in [-0.3, -0.25) is 9.58 Å². The van der Waals surface area contributed by atoms with E-state index < -0.39 is 42.7 Å². The largest absolute Gasteiger partial charge is 0.416 e. The summed E-state index contributed by atoms with van der Waals surface area (Å²) in [4.78, 5) is 17.2. The number of hydrogen-bond donors (Lipinski definition) is 2. The van der Waals surface area contributed by atoms with Crippen LogP contribution in [-0.4, -0.2) is 49.9 Å². The van der Waals surface area contributed by atoms with Crippen molar-refractivity contribution in [3.8, 4) is 11.4 Å². The van der Waals surface area contributed by atoms with Crippen LogP contribution in [0.3, 0.4) is 0 Å². The van der Waals surface area contributed by atoms with Gasteiger partial charge in [0.05, 0.1) is 18.1 Å². The molecule has 1 aliphatic rings. The molecule has 0 bridgehead atoms. The van der Waals surface area contributed by atoms with Crippen molar-refractivity contribution >= 4 is 34.7 Å². The SMILES string of the molecule is CC(F)C1=NC(Cn2nc(-c3ccc(Cl)cc3)n(C[C@H](O)C(F)(F)F)c2=O)NN1c1c(F)cccc1Cl. The van der Waals surface area contributed by atoms with E-state index in [4.69, 9.17) is 23.2 Å². The first-order chi connectivity index (χ1) is 17.4. The molecule has 0 fully saturated rings. The number of aromatic nitrogens is 3. The molecule has 1 aromatic heterocycles. The Bertz CT molecular complexity index is 1350. The molecule has 4 rings (SSSR count). The molecule has 0 saturated carbocycles. The number of para-hydroxylation sites is 1. The van der Waals surface area contributed by atoms with Crippen LogP contribution >= 0.6 is 23.2 Å². The summed E-state index contributed by atoms with van der Waals surface area (Å²) >= 11 is 12.0. The Morgan fingerprint density at radius 2 is 1.84 bits per heavy atom. The molecule has 2 unspecified atom stereocenters. The zero-order valence-corrected chi connectivity index (χ0v) is 20.4. The molecule has 2 aromatic carbocycles. The van der Waals surface area contributed by atoms with E-state index in [9.17, 15) is 31.9 Å². The second-order valence-corrected chi connectivity index (χ2v) is 8.96. The molecule has 0 saturated heterocycles. The van der Waals surface area contributed by atoms with Gasteiger partial charge >= 0.3 is 11.9 Å². The average molecular weight is 565 g/mol. The monoisotopic (exact) mass is 564 g/mol. The Hall–Kier alpha value is -3.00. The van der Waals surface area contributed by atoms with Gasteiger partial charge in [0, 0.05) is 10.6 Å². The molecule has 0 spiro atoms. The Balaban J connectivity index is 1.70. The number of benzene rings is 2. The first kappa shape index (κ1) is 27.0. The van der Waals surface area contributed by atoms with Gasteiger partial charge in [-0.1, -0.05) is 29.3 Å². The Morgan fingerprint density at radius 1 is 1.16 bits per heavy atom. The summed E-state index contributed by atoms with van der Waals surface area (Å²) in [5.74, 6) is -1.16. The molecular formula is C22H19Cl2F5N6O2. The third kappa shape index (κ3) is 5.64. The maximum absolute atomic E-state index is 14.5. The number of aliphatic hydroxyl groups is 1. The van der Waals surface area contributed by atoms with E-state index in [2.05, 4.69) is 15.5 Å². The van der Waals surface area contributed by atoms with Crippen molar-refractivity contribution in [1.29, 1.82) is 0 Å². The van der Waals surface area contributed by atoms with Gasteiger partial charge in [-0.15, -0.1) is 5.10 Å². The topological polar surface area (TPSA) is 87.7 Å². The molecule has 3 aromatic rings. The first-order valence-electron chi connectivity index (χ1n) is 10.8. The number of nitrogens with zero attached hydrogens (tertiary/aromatic N) is 5. The third-order valence-corrected chi connectivity index (χ3v) is 5.97. The van der Waals surface area contributed by atoms with E-state index >= 15 is 0 Å². The number of alkyl halides is 4. The normalized spacial score (nSPS) is 17.7. The van der Waals surface area contributed by atoms with Gasteiger partial charge in [0.2, 0.25) is 0 Å². The third-order valence-electron chi connectivity index (χ3n) is 5.42. The highest BCUT2D eigenvalue weighted by Gasteiger charge is 2.40. The minimum atomic E-state index is -4.98. The van der Waals surface area contributed by atoms with Gasteiger partial charge in [-0.2, -0.15) is 13.2 Å². The first-order valence-corrected chi connectivity index (χ1v) is 11.5. The van der Waals surface area contributed by atoms with Crippen molar-refractivity contribution in [3.05, 3.63) is 68.8 Å². The minimum Gasteiger partial charge on any atom is -0.382 e. The molecule has 2 heterocycles. The lowest BCUT2D eigenvalue weighted by molar-refractivity contribution is -0.207. The number of hydrogen-bond acceptors (Lipinski definition) is 6. The number of aliphatic hydroxyl groups excluding tert-OH is 1. The smallest absolute Gasteiger partial charge is 0.382 e. The molecule has 1 aliphatic heterocycles. The minimum absolute atomic E-state index is 0.0332. The number of nitrogens with one attached hydrogen (secondary N) is 1. The van der Waals surface area contributed by atoms with Crippen LogP contribution in [0, 0.1) is 5.82 Å². The van der Waals surface area contributed by atoms with Crippen LogP contribution < -0.4 is 16.1 Å². The summed E-state index contributed by atoms with van der Waals surface area (Å²) in [6.07, 6.45) is -10.6.